The molecule has 5 heteroatoms. The maximum Gasteiger partial charge on any atom is 0.188 e. The molecule has 180 valence electrons. The molecule has 3 aromatic rings. The number of methoxy groups -OCH3 is 1. The average molecular weight is 462 g/mol. The molecular weight excluding hydrogens is 426 g/mol. The molecule has 34 heavy (non-hydrogen) atoms. The Kier molecular flexibility index (Phi) is 9.28. The van der Waals surface area contributed by atoms with Crippen molar-refractivity contribution in [2.75, 3.05) is 41.1 Å². The van der Waals surface area contributed by atoms with Crippen molar-refractivity contribution in [2.45, 2.75) is 17.9 Å². The first-order valence-electron chi connectivity index (χ1n) is 11.5. The number of aliphatic hydroxyl groups is 1. The van der Waals surface area contributed by atoms with Crippen molar-refractivity contribution in [2.24, 2.45) is 0 Å². The monoisotopic (exact) mass is 461 g/mol. The molecule has 0 saturated heterocycles. The van der Waals surface area contributed by atoms with E-state index in [1.807, 2.05) is 93.0 Å². The molecule has 5 nitrogen and oxygen atoms in total. The number of hydrogen-bond acceptors (Lipinski definition) is 5. The SMILES string of the molecule is C=CCC(O)(c1ccccc1)C(c1ccc(OCCN(C)C)cc1)c1ccc(OCOC)cc1. The van der Waals surface area contributed by atoms with Gasteiger partial charge in [0.25, 0.3) is 0 Å². The van der Waals surface area contributed by atoms with Crippen LogP contribution in [0.4, 0.5) is 0 Å². The summed E-state index contributed by atoms with van der Waals surface area (Å²) in [6.45, 7) is 5.57. The first-order valence-corrected chi connectivity index (χ1v) is 11.5. The summed E-state index contributed by atoms with van der Waals surface area (Å²) in [5, 5.41) is 12.2. The molecule has 3 aromatic carbocycles. The third-order valence-electron chi connectivity index (χ3n) is 5.78. The van der Waals surface area contributed by atoms with Gasteiger partial charge in [-0.3, -0.25) is 0 Å². The summed E-state index contributed by atoms with van der Waals surface area (Å²) in [7, 11) is 5.63. The number of nitrogens with zero attached hydrogens (tertiary/aromatic N) is 1. The summed E-state index contributed by atoms with van der Waals surface area (Å²) >= 11 is 0. The van der Waals surface area contributed by atoms with Crippen molar-refractivity contribution in [1.29, 1.82) is 0 Å². The van der Waals surface area contributed by atoms with Gasteiger partial charge in [-0.1, -0.05) is 60.7 Å². The summed E-state index contributed by atoms with van der Waals surface area (Å²) in [5.74, 6) is 1.18. The van der Waals surface area contributed by atoms with E-state index in [1.54, 1.807) is 13.2 Å². The fraction of sp³-hybridized carbons (Fsp3) is 0.310. The van der Waals surface area contributed by atoms with Crippen LogP contribution >= 0.6 is 0 Å². The van der Waals surface area contributed by atoms with Crippen LogP contribution in [0.3, 0.4) is 0 Å². The second-order valence-electron chi connectivity index (χ2n) is 8.56. The van der Waals surface area contributed by atoms with Crippen LogP contribution in [0.5, 0.6) is 11.5 Å². The Morgan fingerprint density at radius 3 is 1.94 bits per heavy atom. The number of benzene rings is 3. The van der Waals surface area contributed by atoms with Crippen LogP contribution in [0.2, 0.25) is 0 Å². The lowest BCUT2D eigenvalue weighted by atomic mass is 9.72. The Bertz CT molecular complexity index is 1000. The van der Waals surface area contributed by atoms with Crippen LogP contribution in [-0.4, -0.2) is 51.2 Å². The quantitative estimate of drug-likeness (QED) is 0.280. The predicted octanol–water partition coefficient (Wildman–Crippen LogP) is 5.21. The van der Waals surface area contributed by atoms with E-state index in [4.69, 9.17) is 14.2 Å². The summed E-state index contributed by atoms with van der Waals surface area (Å²) in [4.78, 5) is 2.08. The maximum atomic E-state index is 12.2. The van der Waals surface area contributed by atoms with Crippen molar-refractivity contribution in [3.8, 4) is 11.5 Å². The maximum absolute atomic E-state index is 12.2. The second-order valence-corrected chi connectivity index (χ2v) is 8.56. The third kappa shape index (κ3) is 6.48. The lowest BCUT2D eigenvalue weighted by molar-refractivity contribution is 0.0220. The van der Waals surface area contributed by atoms with Crippen molar-refractivity contribution < 1.29 is 19.3 Å². The standard InChI is InChI=1S/C29H35NO4/c1-5-19-29(31,25-9-7-6-8-10-25)28(24-13-17-27(18-14-24)34-22-32-4)23-11-15-26(16-12-23)33-21-20-30(2)3/h5-18,28,31H,1,19-22H2,2-4H3. The van der Waals surface area contributed by atoms with Gasteiger partial charge in [-0.05, 0) is 61.5 Å². The van der Waals surface area contributed by atoms with Gasteiger partial charge in [0.2, 0.25) is 0 Å². The highest BCUT2D eigenvalue weighted by molar-refractivity contribution is 5.44. The number of rotatable bonds is 13. The van der Waals surface area contributed by atoms with E-state index in [9.17, 15) is 5.11 Å². The zero-order valence-corrected chi connectivity index (χ0v) is 20.3. The molecule has 0 aliphatic rings. The minimum atomic E-state index is -1.19. The highest BCUT2D eigenvalue weighted by Crippen LogP contribution is 2.45. The van der Waals surface area contributed by atoms with Gasteiger partial charge in [0, 0.05) is 19.6 Å². The Morgan fingerprint density at radius 1 is 0.882 bits per heavy atom. The first-order chi connectivity index (χ1) is 16.5. The highest BCUT2D eigenvalue weighted by Gasteiger charge is 2.39. The van der Waals surface area contributed by atoms with Crippen molar-refractivity contribution in [1.82, 2.24) is 4.90 Å². The smallest absolute Gasteiger partial charge is 0.188 e. The minimum Gasteiger partial charge on any atom is -0.492 e. The van der Waals surface area contributed by atoms with E-state index in [-0.39, 0.29) is 12.7 Å². The molecule has 2 atom stereocenters. The molecule has 0 bridgehead atoms. The highest BCUT2D eigenvalue weighted by atomic mass is 16.7. The van der Waals surface area contributed by atoms with Gasteiger partial charge in [0.1, 0.15) is 23.7 Å². The average Bonchev–Trinajstić information content (AvgIpc) is 2.85. The van der Waals surface area contributed by atoms with E-state index in [0.717, 1.165) is 29.0 Å². The normalized spacial score (nSPS) is 13.8. The van der Waals surface area contributed by atoms with Gasteiger partial charge in [-0.25, -0.2) is 0 Å². The van der Waals surface area contributed by atoms with E-state index in [0.29, 0.717) is 18.8 Å². The molecule has 0 aliphatic heterocycles. The molecule has 0 spiro atoms. The first kappa shape index (κ1) is 25.5. The van der Waals surface area contributed by atoms with E-state index in [1.165, 1.54) is 0 Å². The van der Waals surface area contributed by atoms with Crippen LogP contribution in [-0.2, 0) is 10.3 Å². The molecule has 3 rings (SSSR count). The van der Waals surface area contributed by atoms with Crippen LogP contribution in [0.25, 0.3) is 0 Å². The lowest BCUT2D eigenvalue weighted by Gasteiger charge is -2.37. The topological polar surface area (TPSA) is 51.2 Å². The van der Waals surface area contributed by atoms with Gasteiger partial charge in [0.05, 0.1) is 0 Å². The molecule has 2 unspecified atom stereocenters. The minimum absolute atomic E-state index is 0.183. The van der Waals surface area contributed by atoms with Crippen LogP contribution < -0.4 is 9.47 Å². The summed E-state index contributed by atoms with van der Waals surface area (Å²) in [6, 6.07) is 25.6. The Hall–Kier alpha value is -3.12. The molecule has 0 aromatic heterocycles. The zero-order chi connectivity index (χ0) is 24.4. The Labute approximate surface area is 203 Å². The molecule has 0 aliphatic carbocycles. The van der Waals surface area contributed by atoms with Crippen molar-refractivity contribution in [3.63, 3.8) is 0 Å². The van der Waals surface area contributed by atoms with E-state index >= 15 is 0 Å². The summed E-state index contributed by atoms with van der Waals surface area (Å²) < 4.78 is 16.4. The third-order valence-corrected chi connectivity index (χ3v) is 5.78. The van der Waals surface area contributed by atoms with Gasteiger partial charge in [0.15, 0.2) is 6.79 Å². The van der Waals surface area contributed by atoms with Gasteiger partial charge >= 0.3 is 0 Å². The fourth-order valence-corrected chi connectivity index (χ4v) is 4.08. The van der Waals surface area contributed by atoms with Crippen LogP contribution in [0, 0.1) is 0 Å². The molecule has 0 fully saturated rings. The molecule has 1 N–H and O–H groups in total. The largest absolute Gasteiger partial charge is 0.492 e. The number of likely N-dealkylation sites (N-methyl/N-ethyl adjacent to an activating group) is 1. The summed E-state index contributed by atoms with van der Waals surface area (Å²) in [5.41, 5.74) is 1.61. The van der Waals surface area contributed by atoms with E-state index in [2.05, 4.69) is 11.5 Å². The van der Waals surface area contributed by atoms with Crippen molar-refractivity contribution in [3.05, 3.63) is 108 Å². The Balaban J connectivity index is 2.00. The lowest BCUT2D eigenvalue weighted by Crippen LogP contribution is -2.34. The molecule has 0 heterocycles. The molecule has 0 radical (unpaired) electrons. The number of ether oxygens (including phenoxy) is 3. The molecule has 0 saturated carbocycles. The van der Waals surface area contributed by atoms with Crippen LogP contribution in [0.15, 0.2) is 91.5 Å². The zero-order valence-electron chi connectivity index (χ0n) is 20.3. The van der Waals surface area contributed by atoms with Crippen molar-refractivity contribution >= 4 is 0 Å². The second kappa shape index (κ2) is 12.4. The van der Waals surface area contributed by atoms with Gasteiger partial charge in [-0.2, -0.15) is 0 Å². The molecular formula is C29H35NO4. The summed E-state index contributed by atoms with van der Waals surface area (Å²) in [6.07, 6.45) is 2.17. The fourth-order valence-electron chi connectivity index (χ4n) is 4.08. The van der Waals surface area contributed by atoms with Gasteiger partial charge in [-0.15, -0.1) is 6.58 Å². The van der Waals surface area contributed by atoms with Crippen LogP contribution in [0.1, 0.15) is 29.0 Å². The predicted molar refractivity (Wildman–Crippen MR) is 136 cm³/mol. The molecule has 0 amide bonds. The Morgan fingerprint density at radius 2 is 1.44 bits per heavy atom. The van der Waals surface area contributed by atoms with Gasteiger partial charge < -0.3 is 24.2 Å². The number of hydrogen-bond donors (Lipinski definition) is 1. The van der Waals surface area contributed by atoms with E-state index < -0.39 is 5.60 Å².